The molecule has 0 saturated carbocycles. The summed E-state index contributed by atoms with van der Waals surface area (Å²) in [4.78, 5) is 25.7. The van der Waals surface area contributed by atoms with Gasteiger partial charge in [-0.2, -0.15) is 5.10 Å². The van der Waals surface area contributed by atoms with Crippen LogP contribution in [-0.4, -0.2) is 43.0 Å². The summed E-state index contributed by atoms with van der Waals surface area (Å²) >= 11 is 3.41. The van der Waals surface area contributed by atoms with E-state index < -0.39 is 11.9 Å². The maximum absolute atomic E-state index is 12.9. The number of halogens is 1. The van der Waals surface area contributed by atoms with E-state index in [0.29, 0.717) is 22.7 Å². The fourth-order valence-electron chi connectivity index (χ4n) is 3.69. The molecule has 0 spiro atoms. The molecule has 0 aliphatic rings. The Balaban J connectivity index is 1.84. The van der Waals surface area contributed by atoms with Gasteiger partial charge in [-0.3, -0.25) is 0 Å². The monoisotopic (exact) mass is 550 g/mol. The van der Waals surface area contributed by atoms with Crippen LogP contribution in [-0.2, 0) is 16.1 Å². The first-order valence-corrected chi connectivity index (χ1v) is 11.7. The van der Waals surface area contributed by atoms with Gasteiger partial charge in [-0.1, -0.05) is 34.1 Å². The summed E-state index contributed by atoms with van der Waals surface area (Å²) < 4.78 is 23.8. The third kappa shape index (κ3) is 5.11. The molecule has 0 aliphatic carbocycles. The number of hydrogen-bond acceptors (Lipinski definition) is 7. The first-order valence-electron chi connectivity index (χ1n) is 10.9. The molecule has 1 aromatic heterocycles. The van der Waals surface area contributed by atoms with E-state index in [1.165, 1.54) is 18.9 Å². The smallest absolute Gasteiger partial charge is 0.357 e. The van der Waals surface area contributed by atoms with E-state index in [1.54, 1.807) is 43.5 Å². The number of hydrogen-bond donors (Lipinski definition) is 0. The molecule has 1 heterocycles. The third-order valence-electron chi connectivity index (χ3n) is 5.42. The standard InChI is InChI=1S/C27H23BrN2O6/c1-33-22-14-9-17(15-18(22)16-36-21-12-10-19(28)11-13-21)24-23(26(31)34-2)25(27(32)35-3)30(29-24)20-7-5-4-6-8-20/h4-15H,16H2,1-3H3. The van der Waals surface area contributed by atoms with Gasteiger partial charge in [0.2, 0.25) is 0 Å². The third-order valence-corrected chi connectivity index (χ3v) is 5.94. The van der Waals surface area contributed by atoms with Crippen LogP contribution < -0.4 is 9.47 Å². The molecule has 0 N–H and O–H groups in total. The van der Waals surface area contributed by atoms with Gasteiger partial charge in [0, 0.05) is 15.6 Å². The Bertz CT molecular complexity index is 1380. The zero-order valence-corrected chi connectivity index (χ0v) is 21.4. The maximum atomic E-state index is 12.9. The van der Waals surface area contributed by atoms with E-state index in [-0.39, 0.29) is 23.6 Å². The largest absolute Gasteiger partial charge is 0.496 e. The van der Waals surface area contributed by atoms with Crippen molar-refractivity contribution < 1.29 is 28.5 Å². The molecule has 36 heavy (non-hydrogen) atoms. The molecule has 0 aliphatic heterocycles. The molecule has 0 unspecified atom stereocenters. The lowest BCUT2D eigenvalue weighted by molar-refractivity contribution is 0.0549. The van der Waals surface area contributed by atoms with Gasteiger partial charge in [0.05, 0.1) is 27.0 Å². The number of rotatable bonds is 8. The number of methoxy groups -OCH3 is 3. The highest BCUT2D eigenvalue weighted by Crippen LogP contribution is 2.33. The van der Waals surface area contributed by atoms with Crippen LogP contribution in [0.25, 0.3) is 16.9 Å². The van der Waals surface area contributed by atoms with Crippen LogP contribution in [0.2, 0.25) is 0 Å². The Labute approximate surface area is 216 Å². The van der Waals surface area contributed by atoms with Crippen molar-refractivity contribution in [3.05, 3.63) is 94.1 Å². The fourth-order valence-corrected chi connectivity index (χ4v) is 3.95. The number of benzene rings is 3. The first kappa shape index (κ1) is 25.0. The van der Waals surface area contributed by atoms with Crippen molar-refractivity contribution in [3.8, 4) is 28.4 Å². The first-order chi connectivity index (χ1) is 17.5. The molecule has 0 saturated heterocycles. The molecule has 9 heteroatoms. The van der Waals surface area contributed by atoms with Crippen molar-refractivity contribution in [1.82, 2.24) is 9.78 Å². The van der Waals surface area contributed by atoms with Crippen LogP contribution in [0.5, 0.6) is 11.5 Å². The lowest BCUT2D eigenvalue weighted by atomic mass is 10.0. The highest BCUT2D eigenvalue weighted by molar-refractivity contribution is 9.10. The normalized spacial score (nSPS) is 10.6. The minimum atomic E-state index is -0.717. The summed E-state index contributed by atoms with van der Waals surface area (Å²) in [5.74, 6) is -0.144. The van der Waals surface area contributed by atoms with Crippen molar-refractivity contribution in [3.63, 3.8) is 0 Å². The summed E-state index contributed by atoms with van der Waals surface area (Å²) in [6.07, 6.45) is 0. The van der Waals surface area contributed by atoms with Crippen LogP contribution in [0.3, 0.4) is 0 Å². The predicted octanol–water partition coefficient (Wildman–Crippen LogP) is 5.46. The Morgan fingerprint density at radius 3 is 2.22 bits per heavy atom. The van der Waals surface area contributed by atoms with Gasteiger partial charge in [-0.15, -0.1) is 0 Å². The van der Waals surface area contributed by atoms with Gasteiger partial charge in [0.15, 0.2) is 5.69 Å². The van der Waals surface area contributed by atoms with Gasteiger partial charge < -0.3 is 18.9 Å². The summed E-state index contributed by atoms with van der Waals surface area (Å²) in [6, 6.07) is 21.8. The molecule has 184 valence electrons. The van der Waals surface area contributed by atoms with Crippen molar-refractivity contribution >= 4 is 27.9 Å². The van der Waals surface area contributed by atoms with Gasteiger partial charge >= 0.3 is 11.9 Å². The second kappa shape index (κ2) is 11.1. The Hall–Kier alpha value is -4.11. The van der Waals surface area contributed by atoms with Crippen LogP contribution in [0.15, 0.2) is 77.3 Å². The van der Waals surface area contributed by atoms with Crippen molar-refractivity contribution in [2.24, 2.45) is 0 Å². The molecule has 0 fully saturated rings. The SMILES string of the molecule is COC(=O)c1c(-c2ccc(OC)c(COc3ccc(Br)cc3)c2)nn(-c2ccccc2)c1C(=O)OC. The molecule has 0 amide bonds. The summed E-state index contributed by atoms with van der Waals surface area (Å²) in [6.45, 7) is 0.204. The quantitative estimate of drug-likeness (QED) is 0.269. The number of aromatic nitrogens is 2. The van der Waals surface area contributed by atoms with Gasteiger partial charge in [0.25, 0.3) is 0 Å². The van der Waals surface area contributed by atoms with Crippen LogP contribution >= 0.6 is 15.9 Å². The lowest BCUT2D eigenvalue weighted by Crippen LogP contribution is -2.15. The molecule has 3 aromatic carbocycles. The number of esters is 2. The van der Waals surface area contributed by atoms with Crippen molar-refractivity contribution in [2.75, 3.05) is 21.3 Å². The molecular formula is C27H23BrN2O6. The topological polar surface area (TPSA) is 88.9 Å². The van der Waals surface area contributed by atoms with Gasteiger partial charge in [0.1, 0.15) is 29.4 Å². The summed E-state index contributed by atoms with van der Waals surface area (Å²) in [5.41, 5.74) is 2.11. The van der Waals surface area contributed by atoms with Gasteiger partial charge in [-0.05, 0) is 54.6 Å². The highest BCUT2D eigenvalue weighted by Gasteiger charge is 2.31. The van der Waals surface area contributed by atoms with E-state index in [4.69, 9.17) is 18.9 Å². The molecule has 0 atom stereocenters. The fraction of sp³-hybridized carbons (Fsp3) is 0.148. The average Bonchev–Trinajstić information content (AvgIpc) is 3.33. The number of para-hydroxylation sites is 1. The van der Waals surface area contributed by atoms with E-state index in [0.717, 1.165) is 10.0 Å². The Kier molecular flexibility index (Phi) is 7.70. The van der Waals surface area contributed by atoms with Crippen LogP contribution in [0.4, 0.5) is 0 Å². The van der Waals surface area contributed by atoms with Crippen LogP contribution in [0.1, 0.15) is 26.4 Å². The van der Waals surface area contributed by atoms with E-state index >= 15 is 0 Å². The summed E-state index contributed by atoms with van der Waals surface area (Å²) in [7, 11) is 4.06. The molecule has 0 bridgehead atoms. The number of nitrogens with zero attached hydrogens (tertiary/aromatic N) is 2. The van der Waals surface area contributed by atoms with Crippen molar-refractivity contribution in [1.29, 1.82) is 0 Å². The lowest BCUT2D eigenvalue weighted by Gasteiger charge is -2.12. The second-order valence-electron chi connectivity index (χ2n) is 7.57. The molecule has 4 aromatic rings. The number of carbonyl (C=O) groups excluding carboxylic acids is 2. The zero-order valence-electron chi connectivity index (χ0n) is 19.9. The summed E-state index contributed by atoms with van der Waals surface area (Å²) in [5, 5.41) is 4.64. The zero-order chi connectivity index (χ0) is 25.7. The van der Waals surface area contributed by atoms with Gasteiger partial charge in [-0.25, -0.2) is 14.3 Å². The number of ether oxygens (including phenoxy) is 4. The second-order valence-corrected chi connectivity index (χ2v) is 8.49. The van der Waals surface area contributed by atoms with E-state index in [9.17, 15) is 9.59 Å². The minimum absolute atomic E-state index is 0.00171. The molecule has 4 rings (SSSR count). The molecule has 8 nitrogen and oxygen atoms in total. The molecule has 0 radical (unpaired) electrons. The average molecular weight is 551 g/mol. The maximum Gasteiger partial charge on any atom is 0.357 e. The Morgan fingerprint density at radius 1 is 0.889 bits per heavy atom. The highest BCUT2D eigenvalue weighted by atomic mass is 79.9. The number of carbonyl (C=O) groups is 2. The van der Waals surface area contributed by atoms with E-state index in [2.05, 4.69) is 21.0 Å². The molecular weight excluding hydrogens is 528 g/mol. The predicted molar refractivity (Wildman–Crippen MR) is 137 cm³/mol. The Morgan fingerprint density at radius 2 is 1.58 bits per heavy atom. The minimum Gasteiger partial charge on any atom is -0.496 e. The van der Waals surface area contributed by atoms with Crippen molar-refractivity contribution in [2.45, 2.75) is 6.61 Å². The van der Waals surface area contributed by atoms with E-state index in [1.807, 2.05) is 36.4 Å². The van der Waals surface area contributed by atoms with Crippen LogP contribution in [0, 0.1) is 0 Å².